The first-order valence-corrected chi connectivity index (χ1v) is 3.16. The summed E-state index contributed by atoms with van der Waals surface area (Å²) in [6.45, 7) is 4.15. The van der Waals surface area contributed by atoms with Gasteiger partial charge < -0.3 is 0 Å². The van der Waals surface area contributed by atoms with Crippen LogP contribution in [-0.4, -0.2) is 4.98 Å². The average molecular weight is 120 g/mol. The van der Waals surface area contributed by atoms with E-state index in [-0.39, 0.29) is 0 Å². The van der Waals surface area contributed by atoms with Gasteiger partial charge in [-0.05, 0) is 24.5 Å². The Balaban J connectivity index is 2.94. The predicted molar refractivity (Wildman–Crippen MR) is 37.2 cm³/mol. The molecule has 0 aliphatic rings. The highest BCUT2D eigenvalue weighted by Crippen LogP contribution is 1.99. The van der Waals surface area contributed by atoms with E-state index in [1.165, 1.54) is 11.1 Å². The zero-order valence-corrected chi connectivity index (χ0v) is 5.81. The Labute approximate surface area is 55.7 Å². The van der Waals surface area contributed by atoms with Gasteiger partial charge in [-0.2, -0.15) is 0 Å². The molecule has 1 aromatic rings. The van der Waals surface area contributed by atoms with Crippen molar-refractivity contribution in [1.82, 2.24) is 4.98 Å². The number of aromatic nitrogens is 1. The normalized spacial score (nSPS) is 9.56. The maximum absolute atomic E-state index is 3.93. The molecule has 1 nitrogen and oxygen atoms in total. The average Bonchev–Trinajstić information content (AvgIpc) is 1.88. The number of rotatable bonds is 1. The summed E-state index contributed by atoms with van der Waals surface area (Å²) in [5.41, 5.74) is 2.40. The van der Waals surface area contributed by atoms with Gasteiger partial charge in [-0.15, -0.1) is 0 Å². The summed E-state index contributed by atoms with van der Waals surface area (Å²) in [4.78, 5) is 3.93. The molecule has 1 rings (SSSR count). The van der Waals surface area contributed by atoms with Crippen molar-refractivity contribution in [2.24, 2.45) is 0 Å². The van der Waals surface area contributed by atoms with Crippen molar-refractivity contribution >= 4 is 0 Å². The topological polar surface area (TPSA) is 12.9 Å². The maximum Gasteiger partial charge on any atom is 0.0920 e. The third kappa shape index (κ3) is 1.53. The van der Waals surface area contributed by atoms with Gasteiger partial charge in [0.2, 0.25) is 0 Å². The Morgan fingerprint density at radius 2 is 2.44 bits per heavy atom. The van der Waals surface area contributed by atoms with Gasteiger partial charge in [0.1, 0.15) is 0 Å². The van der Waals surface area contributed by atoms with Crippen LogP contribution in [0.1, 0.15) is 18.1 Å². The molecule has 9 heavy (non-hydrogen) atoms. The summed E-state index contributed by atoms with van der Waals surface area (Å²) >= 11 is 0. The molecule has 1 heterocycles. The molecular formula is C8H10N. The van der Waals surface area contributed by atoms with Crippen molar-refractivity contribution in [3.8, 4) is 0 Å². The van der Waals surface area contributed by atoms with Crippen LogP contribution in [0, 0.1) is 13.1 Å². The lowest BCUT2D eigenvalue weighted by atomic mass is 10.2. The largest absolute Gasteiger partial charge is 0.254 e. The molecule has 0 bridgehead atoms. The first kappa shape index (κ1) is 6.27. The van der Waals surface area contributed by atoms with Crippen molar-refractivity contribution in [3.63, 3.8) is 0 Å². The van der Waals surface area contributed by atoms with E-state index in [4.69, 9.17) is 0 Å². The SMILES string of the molecule is CCc1[c]ncc(C)c1. The van der Waals surface area contributed by atoms with Gasteiger partial charge >= 0.3 is 0 Å². The maximum atomic E-state index is 3.93. The van der Waals surface area contributed by atoms with Crippen LogP contribution in [0.2, 0.25) is 0 Å². The van der Waals surface area contributed by atoms with Crippen LogP contribution in [0.15, 0.2) is 12.3 Å². The highest BCUT2D eigenvalue weighted by Gasteiger charge is 1.88. The molecule has 0 fully saturated rings. The van der Waals surface area contributed by atoms with Crippen molar-refractivity contribution in [2.75, 3.05) is 0 Å². The molecule has 1 aromatic heterocycles. The van der Waals surface area contributed by atoms with E-state index >= 15 is 0 Å². The van der Waals surface area contributed by atoms with Crippen molar-refractivity contribution < 1.29 is 0 Å². The second kappa shape index (κ2) is 2.62. The molecule has 0 amide bonds. The third-order valence-electron chi connectivity index (χ3n) is 1.26. The van der Waals surface area contributed by atoms with E-state index in [9.17, 15) is 0 Å². The first-order valence-electron chi connectivity index (χ1n) is 3.16. The van der Waals surface area contributed by atoms with Crippen molar-refractivity contribution in [2.45, 2.75) is 20.3 Å². The van der Waals surface area contributed by atoms with E-state index < -0.39 is 0 Å². The van der Waals surface area contributed by atoms with Crippen LogP contribution in [0.3, 0.4) is 0 Å². The molecule has 0 saturated carbocycles. The van der Waals surface area contributed by atoms with E-state index in [1.807, 2.05) is 13.1 Å². The molecule has 0 aromatic carbocycles. The van der Waals surface area contributed by atoms with E-state index in [1.54, 1.807) is 0 Å². The summed E-state index contributed by atoms with van der Waals surface area (Å²) < 4.78 is 0. The highest BCUT2D eigenvalue weighted by molar-refractivity contribution is 5.14. The first-order chi connectivity index (χ1) is 4.33. The van der Waals surface area contributed by atoms with Crippen LogP contribution in [-0.2, 0) is 6.42 Å². The van der Waals surface area contributed by atoms with Crippen molar-refractivity contribution in [3.05, 3.63) is 29.6 Å². The number of hydrogen-bond acceptors (Lipinski definition) is 1. The third-order valence-corrected chi connectivity index (χ3v) is 1.26. The monoisotopic (exact) mass is 120 g/mol. The Kier molecular flexibility index (Phi) is 1.83. The van der Waals surface area contributed by atoms with Gasteiger partial charge in [0.05, 0.1) is 6.20 Å². The zero-order chi connectivity index (χ0) is 6.69. The fourth-order valence-electron chi connectivity index (χ4n) is 0.742. The number of hydrogen-bond donors (Lipinski definition) is 0. The van der Waals surface area contributed by atoms with Crippen LogP contribution in [0.4, 0.5) is 0 Å². The molecule has 0 aliphatic carbocycles. The van der Waals surface area contributed by atoms with Gasteiger partial charge in [0, 0.05) is 6.20 Å². The molecule has 0 unspecified atom stereocenters. The van der Waals surface area contributed by atoms with E-state index in [0.29, 0.717) is 0 Å². The fourth-order valence-corrected chi connectivity index (χ4v) is 0.742. The van der Waals surface area contributed by atoms with Crippen LogP contribution in [0.5, 0.6) is 0 Å². The molecule has 47 valence electrons. The highest BCUT2D eigenvalue weighted by atomic mass is 14.6. The van der Waals surface area contributed by atoms with Gasteiger partial charge in [-0.25, -0.2) is 0 Å². The standard InChI is InChI=1S/C8H10N/c1-3-8-4-7(2)5-9-6-8/h4-5H,3H2,1-2H3. The Morgan fingerprint density at radius 1 is 1.67 bits per heavy atom. The second-order valence-electron chi connectivity index (χ2n) is 2.14. The molecule has 1 heteroatoms. The lowest BCUT2D eigenvalue weighted by molar-refractivity contribution is 1.08. The molecule has 0 spiro atoms. The zero-order valence-electron chi connectivity index (χ0n) is 5.81. The number of pyridine rings is 1. The summed E-state index contributed by atoms with van der Waals surface area (Å²) in [5, 5.41) is 0. The molecule has 0 atom stereocenters. The minimum Gasteiger partial charge on any atom is -0.254 e. The van der Waals surface area contributed by atoms with Crippen LogP contribution < -0.4 is 0 Å². The summed E-state index contributed by atoms with van der Waals surface area (Å²) in [6.07, 6.45) is 5.75. The summed E-state index contributed by atoms with van der Waals surface area (Å²) in [7, 11) is 0. The van der Waals surface area contributed by atoms with Crippen LogP contribution >= 0.6 is 0 Å². The van der Waals surface area contributed by atoms with Gasteiger partial charge in [0.15, 0.2) is 0 Å². The summed E-state index contributed by atoms with van der Waals surface area (Å²) in [5.74, 6) is 0. The van der Waals surface area contributed by atoms with Gasteiger partial charge in [-0.3, -0.25) is 4.98 Å². The fraction of sp³-hybridized carbons (Fsp3) is 0.375. The number of nitrogens with zero attached hydrogens (tertiary/aromatic N) is 1. The van der Waals surface area contributed by atoms with Gasteiger partial charge in [-0.1, -0.05) is 13.0 Å². The van der Waals surface area contributed by atoms with Crippen LogP contribution in [0.25, 0.3) is 0 Å². The predicted octanol–water partition coefficient (Wildman–Crippen LogP) is 1.75. The quantitative estimate of drug-likeness (QED) is 0.550. The Morgan fingerprint density at radius 3 is 2.89 bits per heavy atom. The molecule has 0 saturated heterocycles. The smallest absolute Gasteiger partial charge is 0.0920 e. The minimum atomic E-state index is 1.02. The Hall–Kier alpha value is -0.850. The molecule has 1 radical (unpaired) electrons. The second-order valence-corrected chi connectivity index (χ2v) is 2.14. The lowest BCUT2D eigenvalue weighted by Gasteiger charge is -1.93. The van der Waals surface area contributed by atoms with Gasteiger partial charge in [0.25, 0.3) is 0 Å². The number of aryl methyl sites for hydroxylation is 2. The van der Waals surface area contributed by atoms with E-state index in [0.717, 1.165) is 6.42 Å². The van der Waals surface area contributed by atoms with E-state index in [2.05, 4.69) is 24.2 Å². The Bertz CT molecular complexity index is 194. The molecular weight excluding hydrogens is 110 g/mol. The lowest BCUT2D eigenvalue weighted by Crippen LogP contribution is -1.83. The minimum absolute atomic E-state index is 1.02. The molecule has 0 aliphatic heterocycles. The summed E-state index contributed by atoms with van der Waals surface area (Å²) in [6, 6.07) is 2.10. The molecule has 0 N–H and O–H groups in total. The van der Waals surface area contributed by atoms with Crippen molar-refractivity contribution in [1.29, 1.82) is 0 Å².